The normalized spacial score (nSPS) is 14.4. The Labute approximate surface area is 148 Å². The number of benzene rings is 2. The molecule has 2 aromatic carbocycles. The minimum Gasteiger partial charge on any atom is -0.410 e. The molecule has 124 valence electrons. The van der Waals surface area contributed by atoms with Crippen LogP contribution in [0.2, 0.25) is 0 Å². The fraction of sp³-hybridized carbons (Fsp3) is 0.222. The van der Waals surface area contributed by atoms with E-state index in [2.05, 4.69) is 15.9 Å². The van der Waals surface area contributed by atoms with Gasteiger partial charge in [0.05, 0.1) is 5.56 Å². The second kappa shape index (κ2) is 7.49. The molecule has 1 aliphatic rings. The number of hydrogen-bond donors (Lipinski definition) is 0. The molecule has 1 saturated heterocycles. The first-order valence-corrected chi connectivity index (χ1v) is 8.50. The molecule has 0 unspecified atom stereocenters. The number of halogens is 1. The van der Waals surface area contributed by atoms with Crippen LogP contribution in [0.1, 0.15) is 10.4 Å². The number of nitrogens with zero attached hydrogens (tertiary/aromatic N) is 2. The summed E-state index contributed by atoms with van der Waals surface area (Å²) in [6.45, 7) is 1.90. The standard InChI is InChI=1S/C18H17BrN2O3/c19-16-9-5-4-8-15(16)17(22)20-10-12-21(13-11-20)18(23)24-14-6-2-1-3-7-14/h1-9H,10-13H2. The SMILES string of the molecule is O=C(Oc1ccccc1)N1CCN(C(=O)c2ccccc2Br)CC1. The fourth-order valence-corrected chi connectivity index (χ4v) is 3.01. The molecule has 1 aliphatic heterocycles. The average molecular weight is 389 g/mol. The summed E-state index contributed by atoms with van der Waals surface area (Å²) in [5, 5.41) is 0. The maximum absolute atomic E-state index is 12.5. The van der Waals surface area contributed by atoms with Crippen molar-refractivity contribution in [3.05, 3.63) is 64.6 Å². The van der Waals surface area contributed by atoms with E-state index < -0.39 is 0 Å². The van der Waals surface area contributed by atoms with Crippen LogP contribution in [0.4, 0.5) is 4.79 Å². The molecule has 0 spiro atoms. The molecule has 24 heavy (non-hydrogen) atoms. The van der Waals surface area contributed by atoms with Gasteiger partial charge in [-0.05, 0) is 40.2 Å². The maximum Gasteiger partial charge on any atom is 0.415 e. The summed E-state index contributed by atoms with van der Waals surface area (Å²) in [7, 11) is 0. The first-order valence-electron chi connectivity index (χ1n) is 7.71. The fourth-order valence-electron chi connectivity index (χ4n) is 2.55. The molecule has 0 atom stereocenters. The third-order valence-electron chi connectivity index (χ3n) is 3.88. The second-order valence-electron chi connectivity index (χ2n) is 5.44. The van der Waals surface area contributed by atoms with Gasteiger partial charge in [0, 0.05) is 30.7 Å². The molecule has 0 radical (unpaired) electrons. The van der Waals surface area contributed by atoms with Crippen molar-refractivity contribution in [1.29, 1.82) is 0 Å². The number of amides is 2. The van der Waals surface area contributed by atoms with Crippen LogP contribution in [0.5, 0.6) is 5.75 Å². The minimum atomic E-state index is -0.380. The predicted octanol–water partition coefficient (Wildman–Crippen LogP) is 3.41. The van der Waals surface area contributed by atoms with Crippen LogP contribution >= 0.6 is 15.9 Å². The predicted molar refractivity (Wildman–Crippen MR) is 94.1 cm³/mol. The summed E-state index contributed by atoms with van der Waals surface area (Å²) >= 11 is 3.40. The van der Waals surface area contributed by atoms with Crippen molar-refractivity contribution in [1.82, 2.24) is 9.80 Å². The van der Waals surface area contributed by atoms with Crippen molar-refractivity contribution in [2.24, 2.45) is 0 Å². The average Bonchev–Trinajstić information content (AvgIpc) is 2.62. The molecule has 0 saturated carbocycles. The molecule has 2 amide bonds. The van der Waals surface area contributed by atoms with E-state index in [1.165, 1.54) is 0 Å². The highest BCUT2D eigenvalue weighted by Crippen LogP contribution is 2.19. The molecule has 0 N–H and O–H groups in total. The first-order chi connectivity index (χ1) is 11.6. The van der Waals surface area contributed by atoms with E-state index in [1.807, 2.05) is 36.4 Å². The van der Waals surface area contributed by atoms with E-state index >= 15 is 0 Å². The smallest absolute Gasteiger partial charge is 0.410 e. The summed E-state index contributed by atoms with van der Waals surface area (Å²) < 4.78 is 6.11. The third-order valence-corrected chi connectivity index (χ3v) is 4.57. The van der Waals surface area contributed by atoms with Gasteiger partial charge in [-0.25, -0.2) is 4.79 Å². The topological polar surface area (TPSA) is 49.9 Å². The zero-order valence-electron chi connectivity index (χ0n) is 13.0. The van der Waals surface area contributed by atoms with Crippen LogP contribution in [0, 0.1) is 0 Å². The third kappa shape index (κ3) is 3.76. The zero-order chi connectivity index (χ0) is 16.9. The van der Waals surface area contributed by atoms with Gasteiger partial charge in [-0.2, -0.15) is 0 Å². The molecule has 5 nitrogen and oxygen atoms in total. The van der Waals surface area contributed by atoms with Crippen LogP contribution in [0.25, 0.3) is 0 Å². The highest BCUT2D eigenvalue weighted by atomic mass is 79.9. The summed E-state index contributed by atoms with van der Waals surface area (Å²) in [6, 6.07) is 16.3. The molecule has 0 bridgehead atoms. The summed E-state index contributed by atoms with van der Waals surface area (Å²) in [6.07, 6.45) is -0.380. The number of hydrogen-bond acceptors (Lipinski definition) is 3. The van der Waals surface area contributed by atoms with Gasteiger partial charge < -0.3 is 14.5 Å². The van der Waals surface area contributed by atoms with Crippen molar-refractivity contribution < 1.29 is 14.3 Å². The van der Waals surface area contributed by atoms with Gasteiger partial charge in [-0.3, -0.25) is 4.79 Å². The maximum atomic E-state index is 12.5. The van der Waals surface area contributed by atoms with Crippen molar-refractivity contribution in [2.45, 2.75) is 0 Å². The number of rotatable bonds is 2. The molecule has 1 heterocycles. The Balaban J connectivity index is 1.57. The lowest BCUT2D eigenvalue weighted by Crippen LogP contribution is -2.51. The van der Waals surface area contributed by atoms with Crippen LogP contribution in [-0.2, 0) is 0 Å². The van der Waals surface area contributed by atoms with Gasteiger partial charge in [-0.15, -0.1) is 0 Å². The first kappa shape index (κ1) is 16.5. The Hall–Kier alpha value is -2.34. The van der Waals surface area contributed by atoms with Crippen molar-refractivity contribution in [3.63, 3.8) is 0 Å². The molecular weight excluding hydrogens is 372 g/mol. The Morgan fingerprint density at radius 3 is 2.08 bits per heavy atom. The van der Waals surface area contributed by atoms with E-state index in [4.69, 9.17) is 4.74 Å². The molecule has 6 heteroatoms. The lowest BCUT2D eigenvalue weighted by molar-refractivity contribution is 0.0632. The van der Waals surface area contributed by atoms with E-state index in [0.717, 1.165) is 4.47 Å². The highest BCUT2D eigenvalue weighted by molar-refractivity contribution is 9.10. The van der Waals surface area contributed by atoms with E-state index in [0.29, 0.717) is 37.5 Å². The number of ether oxygens (including phenoxy) is 1. The number of carbonyl (C=O) groups is 2. The van der Waals surface area contributed by atoms with Gasteiger partial charge in [0.2, 0.25) is 0 Å². The zero-order valence-corrected chi connectivity index (χ0v) is 14.6. The minimum absolute atomic E-state index is 0.0291. The van der Waals surface area contributed by atoms with E-state index in [1.54, 1.807) is 28.0 Å². The molecule has 0 aliphatic carbocycles. The Kier molecular flexibility index (Phi) is 5.15. The molecule has 2 aromatic rings. The van der Waals surface area contributed by atoms with Gasteiger partial charge in [0.15, 0.2) is 0 Å². The summed E-state index contributed by atoms with van der Waals surface area (Å²) in [5.41, 5.74) is 0.637. The van der Waals surface area contributed by atoms with Crippen LogP contribution in [0.3, 0.4) is 0 Å². The Morgan fingerprint density at radius 2 is 1.42 bits per heavy atom. The lowest BCUT2D eigenvalue weighted by Gasteiger charge is -2.34. The van der Waals surface area contributed by atoms with Gasteiger partial charge >= 0.3 is 6.09 Å². The highest BCUT2D eigenvalue weighted by Gasteiger charge is 2.26. The second-order valence-corrected chi connectivity index (χ2v) is 6.29. The van der Waals surface area contributed by atoms with Crippen molar-refractivity contribution >= 4 is 27.9 Å². The van der Waals surface area contributed by atoms with Gasteiger partial charge in [-0.1, -0.05) is 30.3 Å². The summed E-state index contributed by atoms with van der Waals surface area (Å²) in [4.78, 5) is 28.1. The van der Waals surface area contributed by atoms with Crippen molar-refractivity contribution in [2.75, 3.05) is 26.2 Å². The lowest BCUT2D eigenvalue weighted by atomic mass is 10.2. The van der Waals surface area contributed by atoms with Gasteiger partial charge in [0.1, 0.15) is 5.75 Å². The molecular formula is C18H17BrN2O3. The number of carbonyl (C=O) groups excluding carboxylic acids is 2. The molecule has 0 aromatic heterocycles. The van der Waals surface area contributed by atoms with E-state index in [9.17, 15) is 9.59 Å². The van der Waals surface area contributed by atoms with Crippen LogP contribution in [0.15, 0.2) is 59.1 Å². The largest absolute Gasteiger partial charge is 0.415 e. The Bertz CT molecular complexity index is 728. The molecule has 1 fully saturated rings. The Morgan fingerprint density at radius 1 is 0.833 bits per heavy atom. The van der Waals surface area contributed by atoms with Crippen LogP contribution < -0.4 is 4.74 Å². The number of piperazine rings is 1. The molecule has 3 rings (SSSR count). The van der Waals surface area contributed by atoms with Gasteiger partial charge in [0.25, 0.3) is 5.91 Å². The van der Waals surface area contributed by atoms with Crippen LogP contribution in [-0.4, -0.2) is 48.0 Å². The van der Waals surface area contributed by atoms with Crippen molar-refractivity contribution in [3.8, 4) is 5.75 Å². The number of para-hydroxylation sites is 1. The summed E-state index contributed by atoms with van der Waals surface area (Å²) in [5.74, 6) is 0.493. The van der Waals surface area contributed by atoms with E-state index in [-0.39, 0.29) is 12.0 Å². The quantitative estimate of drug-likeness (QED) is 0.791. The monoisotopic (exact) mass is 388 g/mol.